The molecule has 2 N–H and O–H groups in total. The summed E-state index contributed by atoms with van der Waals surface area (Å²) in [6.45, 7) is 0.159. The number of hydrogen-bond acceptors (Lipinski definition) is 6. The number of amides is 1. The molecule has 1 amide bonds. The van der Waals surface area contributed by atoms with Gasteiger partial charge < -0.3 is 20.1 Å². The highest BCUT2D eigenvalue weighted by Crippen LogP contribution is 2.27. The van der Waals surface area contributed by atoms with Gasteiger partial charge in [0.15, 0.2) is 11.5 Å². The van der Waals surface area contributed by atoms with Crippen molar-refractivity contribution in [1.82, 2.24) is 5.32 Å². The van der Waals surface area contributed by atoms with Crippen LogP contribution >= 0.6 is 0 Å². The van der Waals surface area contributed by atoms with Crippen molar-refractivity contribution in [3.8, 4) is 11.5 Å². The van der Waals surface area contributed by atoms with Crippen molar-refractivity contribution in [2.75, 3.05) is 26.1 Å². The van der Waals surface area contributed by atoms with Crippen LogP contribution in [0.15, 0.2) is 36.4 Å². The quantitative estimate of drug-likeness (QED) is 0.615. The van der Waals surface area contributed by atoms with Crippen LogP contribution in [-0.4, -0.2) is 37.1 Å². The van der Waals surface area contributed by atoms with Gasteiger partial charge in [0.2, 0.25) is 0 Å². The second-order valence-corrected chi connectivity index (χ2v) is 5.54. The number of rotatable bonds is 6. The van der Waals surface area contributed by atoms with Crippen LogP contribution in [0.25, 0.3) is 0 Å². The van der Waals surface area contributed by atoms with Gasteiger partial charge >= 0.3 is 0 Å². The lowest BCUT2D eigenvalue weighted by molar-refractivity contribution is -0.384. The van der Waals surface area contributed by atoms with E-state index in [1.54, 1.807) is 31.1 Å². The largest absolute Gasteiger partial charge is 0.504 e. The molecule has 0 heterocycles. The Hall–Kier alpha value is -3.29. The van der Waals surface area contributed by atoms with E-state index >= 15 is 0 Å². The Balaban J connectivity index is 2.21. The molecule has 0 bridgehead atoms. The summed E-state index contributed by atoms with van der Waals surface area (Å²) >= 11 is 0. The molecule has 0 saturated heterocycles. The fourth-order valence-electron chi connectivity index (χ4n) is 2.33. The van der Waals surface area contributed by atoms with Crippen molar-refractivity contribution in [2.24, 2.45) is 0 Å². The van der Waals surface area contributed by atoms with Crippen LogP contribution in [0.5, 0.6) is 11.5 Å². The molecule has 0 aromatic heterocycles. The summed E-state index contributed by atoms with van der Waals surface area (Å²) in [6.07, 6.45) is 0. The summed E-state index contributed by atoms with van der Waals surface area (Å²) < 4.78 is 4.97. The Bertz CT molecular complexity index is 805. The number of aromatic hydroxyl groups is 1. The zero-order valence-electron chi connectivity index (χ0n) is 14.1. The van der Waals surface area contributed by atoms with Crippen molar-refractivity contribution in [2.45, 2.75) is 6.54 Å². The van der Waals surface area contributed by atoms with Crippen molar-refractivity contribution < 1.29 is 19.6 Å². The molecule has 8 heteroatoms. The minimum Gasteiger partial charge on any atom is -0.504 e. The lowest BCUT2D eigenvalue weighted by Crippen LogP contribution is -2.25. The molecule has 0 unspecified atom stereocenters. The zero-order chi connectivity index (χ0) is 18.6. The summed E-state index contributed by atoms with van der Waals surface area (Å²) in [5, 5.41) is 23.4. The Morgan fingerprint density at radius 1 is 1.28 bits per heavy atom. The van der Waals surface area contributed by atoms with E-state index in [0.29, 0.717) is 17.0 Å². The van der Waals surface area contributed by atoms with E-state index < -0.39 is 10.8 Å². The minimum atomic E-state index is -0.544. The van der Waals surface area contributed by atoms with Gasteiger partial charge in [-0.2, -0.15) is 0 Å². The van der Waals surface area contributed by atoms with Gasteiger partial charge in [0, 0.05) is 38.5 Å². The number of methoxy groups -OCH3 is 1. The second kappa shape index (κ2) is 7.52. The van der Waals surface area contributed by atoms with Crippen LogP contribution in [0.4, 0.5) is 11.4 Å². The summed E-state index contributed by atoms with van der Waals surface area (Å²) in [5.74, 6) is -0.134. The van der Waals surface area contributed by atoms with E-state index in [1.165, 1.54) is 31.4 Å². The van der Waals surface area contributed by atoms with Crippen LogP contribution < -0.4 is 15.0 Å². The van der Waals surface area contributed by atoms with E-state index in [1.807, 2.05) is 0 Å². The topological polar surface area (TPSA) is 105 Å². The Labute approximate surface area is 144 Å². The van der Waals surface area contributed by atoms with Crippen LogP contribution in [0.2, 0.25) is 0 Å². The molecule has 0 aliphatic carbocycles. The maximum atomic E-state index is 12.5. The number of nitrogens with zero attached hydrogens (tertiary/aromatic N) is 2. The highest BCUT2D eigenvalue weighted by Gasteiger charge is 2.18. The molecule has 2 rings (SSSR count). The maximum Gasteiger partial charge on any atom is 0.270 e. The molecule has 0 fully saturated rings. The zero-order valence-corrected chi connectivity index (χ0v) is 14.1. The Kier molecular flexibility index (Phi) is 5.43. The molecule has 2 aromatic rings. The highest BCUT2D eigenvalue weighted by molar-refractivity contribution is 6.00. The lowest BCUT2D eigenvalue weighted by atomic mass is 10.1. The smallest absolute Gasteiger partial charge is 0.270 e. The monoisotopic (exact) mass is 345 g/mol. The van der Waals surface area contributed by atoms with Crippen LogP contribution in [0, 0.1) is 10.1 Å². The fraction of sp³-hybridized carbons (Fsp3) is 0.235. The van der Waals surface area contributed by atoms with Gasteiger partial charge in [0.25, 0.3) is 11.6 Å². The first-order valence-electron chi connectivity index (χ1n) is 7.43. The molecule has 0 atom stereocenters. The number of non-ortho nitro benzene ring substituents is 1. The van der Waals surface area contributed by atoms with Gasteiger partial charge in [-0.25, -0.2) is 0 Å². The molecule has 0 aliphatic rings. The normalized spacial score (nSPS) is 10.2. The number of nitrogens with one attached hydrogen (secondary N) is 1. The number of anilines is 1. The number of phenols is 1. The highest BCUT2D eigenvalue weighted by atomic mass is 16.6. The van der Waals surface area contributed by atoms with Gasteiger partial charge in [0.05, 0.1) is 17.6 Å². The number of carbonyl (C=O) groups excluding carboxylic acids is 1. The van der Waals surface area contributed by atoms with E-state index in [4.69, 9.17) is 4.74 Å². The van der Waals surface area contributed by atoms with Crippen molar-refractivity contribution >= 4 is 17.3 Å². The first kappa shape index (κ1) is 18.1. The second-order valence-electron chi connectivity index (χ2n) is 5.54. The average Bonchev–Trinajstić information content (AvgIpc) is 2.59. The van der Waals surface area contributed by atoms with Gasteiger partial charge in [-0.3, -0.25) is 14.9 Å². The van der Waals surface area contributed by atoms with Gasteiger partial charge in [0.1, 0.15) is 0 Å². The Morgan fingerprint density at radius 2 is 2.00 bits per heavy atom. The van der Waals surface area contributed by atoms with E-state index in [9.17, 15) is 20.0 Å². The van der Waals surface area contributed by atoms with Gasteiger partial charge in [-0.15, -0.1) is 0 Å². The maximum absolute atomic E-state index is 12.5. The molecule has 0 saturated carbocycles. The molecule has 0 radical (unpaired) electrons. The molecular formula is C17H19N3O5. The summed E-state index contributed by atoms with van der Waals surface area (Å²) in [6, 6.07) is 8.92. The number of nitro groups is 1. The van der Waals surface area contributed by atoms with E-state index in [2.05, 4.69) is 5.32 Å². The predicted octanol–water partition coefficient (Wildman–Crippen LogP) is 2.31. The third-order valence-electron chi connectivity index (χ3n) is 3.61. The molecular weight excluding hydrogens is 326 g/mol. The van der Waals surface area contributed by atoms with Crippen molar-refractivity contribution in [3.63, 3.8) is 0 Å². The van der Waals surface area contributed by atoms with Gasteiger partial charge in [-0.1, -0.05) is 6.07 Å². The Morgan fingerprint density at radius 3 is 2.56 bits per heavy atom. The van der Waals surface area contributed by atoms with Crippen LogP contribution in [0.1, 0.15) is 15.9 Å². The van der Waals surface area contributed by atoms with E-state index in [-0.39, 0.29) is 23.5 Å². The number of nitro benzene ring substituents is 1. The molecule has 8 nitrogen and oxygen atoms in total. The predicted molar refractivity (Wildman–Crippen MR) is 93.3 cm³/mol. The number of benzene rings is 2. The number of carbonyl (C=O) groups is 1. The minimum absolute atomic E-state index is 0.0291. The number of phenolic OH excluding ortho intramolecular Hbond substituents is 1. The standard InChI is InChI=1S/C17H19N3O5/c1-19(2)14-6-5-12(20(23)24)9-13(14)17(22)18-10-11-4-7-16(25-3)15(21)8-11/h4-9,21H,10H2,1-3H3,(H,18,22). The third kappa shape index (κ3) is 4.17. The van der Waals surface area contributed by atoms with Crippen LogP contribution in [-0.2, 0) is 6.54 Å². The first-order chi connectivity index (χ1) is 11.8. The van der Waals surface area contributed by atoms with Crippen LogP contribution in [0.3, 0.4) is 0 Å². The average molecular weight is 345 g/mol. The molecule has 132 valence electrons. The summed E-state index contributed by atoms with van der Waals surface area (Å²) in [4.78, 5) is 24.6. The van der Waals surface area contributed by atoms with Crippen molar-refractivity contribution in [3.05, 3.63) is 57.6 Å². The molecule has 2 aromatic carbocycles. The number of hydrogen-bond donors (Lipinski definition) is 2. The van der Waals surface area contributed by atoms with E-state index in [0.717, 1.165) is 0 Å². The summed E-state index contributed by atoms with van der Waals surface area (Å²) in [5.41, 5.74) is 1.29. The number of ether oxygens (including phenoxy) is 1. The first-order valence-corrected chi connectivity index (χ1v) is 7.43. The third-order valence-corrected chi connectivity index (χ3v) is 3.61. The molecule has 25 heavy (non-hydrogen) atoms. The summed E-state index contributed by atoms with van der Waals surface area (Å²) in [7, 11) is 4.94. The van der Waals surface area contributed by atoms with Gasteiger partial charge in [-0.05, 0) is 23.8 Å². The lowest BCUT2D eigenvalue weighted by Gasteiger charge is -2.17. The SMILES string of the molecule is COc1ccc(CNC(=O)c2cc([N+](=O)[O-])ccc2N(C)C)cc1O. The molecule has 0 spiro atoms. The fourth-order valence-corrected chi connectivity index (χ4v) is 2.33. The molecule has 0 aliphatic heterocycles. The van der Waals surface area contributed by atoms with Crippen molar-refractivity contribution in [1.29, 1.82) is 0 Å².